The van der Waals surface area contributed by atoms with Crippen LogP contribution in [0.25, 0.3) is 0 Å². The van der Waals surface area contributed by atoms with Gasteiger partial charge in [0.2, 0.25) is 11.8 Å². The zero-order chi connectivity index (χ0) is 14.3. The number of nitrogens with zero attached hydrogens (tertiary/aromatic N) is 2. The standard InChI is InChI=1S/C12H19N3O4/c1-4-15(6-5-12(17)18-3)8-10(16)13-11-7-9(2)14-19-11/h7H,4-6,8H2,1-3H3,(H,13,16). The monoisotopic (exact) mass is 269 g/mol. The van der Waals surface area contributed by atoms with E-state index in [-0.39, 0.29) is 24.8 Å². The smallest absolute Gasteiger partial charge is 0.306 e. The molecule has 1 rings (SSSR count). The number of hydrogen-bond acceptors (Lipinski definition) is 6. The molecule has 0 aliphatic heterocycles. The number of aromatic nitrogens is 1. The van der Waals surface area contributed by atoms with Crippen LogP contribution in [0.5, 0.6) is 0 Å². The normalized spacial score (nSPS) is 10.5. The first kappa shape index (κ1) is 15.2. The molecule has 106 valence electrons. The number of methoxy groups -OCH3 is 1. The molecule has 0 radical (unpaired) electrons. The second-order valence-electron chi connectivity index (χ2n) is 4.08. The zero-order valence-corrected chi connectivity index (χ0v) is 11.4. The van der Waals surface area contributed by atoms with E-state index in [1.165, 1.54) is 7.11 Å². The number of aryl methyl sites for hydroxylation is 1. The van der Waals surface area contributed by atoms with E-state index in [1.807, 2.05) is 11.8 Å². The third-order valence-corrected chi connectivity index (χ3v) is 2.56. The van der Waals surface area contributed by atoms with Crippen LogP contribution in [0.15, 0.2) is 10.6 Å². The Balaban J connectivity index is 2.38. The number of amides is 1. The minimum absolute atomic E-state index is 0.188. The van der Waals surface area contributed by atoms with Crippen molar-refractivity contribution in [3.8, 4) is 0 Å². The molecule has 1 N–H and O–H groups in total. The van der Waals surface area contributed by atoms with Gasteiger partial charge in [0.1, 0.15) is 0 Å². The number of nitrogens with one attached hydrogen (secondary N) is 1. The molecule has 1 aromatic rings. The number of carbonyl (C=O) groups excluding carboxylic acids is 2. The van der Waals surface area contributed by atoms with Gasteiger partial charge in [-0.25, -0.2) is 0 Å². The maximum absolute atomic E-state index is 11.7. The van der Waals surface area contributed by atoms with E-state index in [0.717, 1.165) is 0 Å². The number of hydrogen-bond donors (Lipinski definition) is 1. The van der Waals surface area contributed by atoms with Crippen molar-refractivity contribution in [2.45, 2.75) is 20.3 Å². The van der Waals surface area contributed by atoms with Crippen LogP contribution in [-0.4, -0.2) is 48.7 Å². The number of anilines is 1. The Morgan fingerprint density at radius 2 is 2.26 bits per heavy atom. The van der Waals surface area contributed by atoms with Crippen molar-refractivity contribution >= 4 is 17.8 Å². The number of likely N-dealkylation sites (N-methyl/N-ethyl adjacent to an activating group) is 1. The molecule has 0 fully saturated rings. The van der Waals surface area contributed by atoms with E-state index in [4.69, 9.17) is 4.52 Å². The summed E-state index contributed by atoms with van der Waals surface area (Å²) in [7, 11) is 1.34. The van der Waals surface area contributed by atoms with Crippen molar-refractivity contribution in [2.75, 3.05) is 32.1 Å². The second kappa shape index (κ2) is 7.52. The van der Waals surface area contributed by atoms with Crippen molar-refractivity contribution in [1.82, 2.24) is 10.1 Å². The molecule has 0 aliphatic carbocycles. The molecular weight excluding hydrogens is 250 g/mol. The van der Waals surface area contributed by atoms with Gasteiger partial charge in [0.15, 0.2) is 0 Å². The van der Waals surface area contributed by atoms with Gasteiger partial charge in [-0.05, 0) is 13.5 Å². The maximum atomic E-state index is 11.7. The summed E-state index contributed by atoms with van der Waals surface area (Å²) >= 11 is 0. The molecule has 7 heteroatoms. The molecule has 0 aliphatic rings. The highest BCUT2D eigenvalue weighted by Gasteiger charge is 2.12. The number of ether oxygens (including phenoxy) is 1. The first-order chi connectivity index (χ1) is 9.05. The van der Waals surface area contributed by atoms with Crippen LogP contribution in [0.4, 0.5) is 5.88 Å². The molecule has 0 saturated carbocycles. The Kier molecular flexibility index (Phi) is 6.01. The van der Waals surface area contributed by atoms with Crippen molar-refractivity contribution in [3.05, 3.63) is 11.8 Å². The Morgan fingerprint density at radius 3 is 2.79 bits per heavy atom. The fourth-order valence-electron chi connectivity index (χ4n) is 1.50. The highest BCUT2D eigenvalue weighted by atomic mass is 16.5. The van der Waals surface area contributed by atoms with E-state index in [1.54, 1.807) is 13.0 Å². The van der Waals surface area contributed by atoms with Gasteiger partial charge in [0.25, 0.3) is 0 Å². The van der Waals surface area contributed by atoms with Crippen LogP contribution in [0.2, 0.25) is 0 Å². The van der Waals surface area contributed by atoms with Gasteiger partial charge >= 0.3 is 5.97 Å². The van der Waals surface area contributed by atoms with Crippen molar-refractivity contribution in [3.63, 3.8) is 0 Å². The Hall–Kier alpha value is -1.89. The third kappa shape index (κ3) is 5.52. The first-order valence-corrected chi connectivity index (χ1v) is 6.07. The lowest BCUT2D eigenvalue weighted by Crippen LogP contribution is -2.34. The predicted molar refractivity (Wildman–Crippen MR) is 68.6 cm³/mol. The molecule has 1 amide bonds. The van der Waals surface area contributed by atoms with Crippen LogP contribution in [0.1, 0.15) is 19.0 Å². The Bertz CT molecular complexity index is 430. The molecular formula is C12H19N3O4. The van der Waals surface area contributed by atoms with E-state index in [2.05, 4.69) is 15.2 Å². The van der Waals surface area contributed by atoms with Crippen molar-refractivity contribution in [2.24, 2.45) is 0 Å². The van der Waals surface area contributed by atoms with E-state index in [0.29, 0.717) is 24.7 Å². The maximum Gasteiger partial charge on any atom is 0.306 e. The molecule has 0 spiro atoms. The summed E-state index contributed by atoms with van der Waals surface area (Å²) in [6.45, 7) is 5.02. The van der Waals surface area contributed by atoms with Crippen LogP contribution in [0.3, 0.4) is 0 Å². The summed E-state index contributed by atoms with van der Waals surface area (Å²) < 4.78 is 9.45. The lowest BCUT2D eigenvalue weighted by atomic mass is 10.3. The quantitative estimate of drug-likeness (QED) is 0.737. The van der Waals surface area contributed by atoms with Crippen LogP contribution in [-0.2, 0) is 14.3 Å². The van der Waals surface area contributed by atoms with Crippen molar-refractivity contribution in [1.29, 1.82) is 0 Å². The molecule has 0 saturated heterocycles. The molecule has 1 aromatic heterocycles. The summed E-state index contributed by atoms with van der Waals surface area (Å²) in [4.78, 5) is 24.6. The average Bonchev–Trinajstić information content (AvgIpc) is 2.79. The fourth-order valence-corrected chi connectivity index (χ4v) is 1.50. The highest BCUT2D eigenvalue weighted by Crippen LogP contribution is 2.08. The summed E-state index contributed by atoms with van der Waals surface area (Å²) in [5.74, 6) is -0.167. The molecule has 7 nitrogen and oxygen atoms in total. The summed E-state index contributed by atoms with van der Waals surface area (Å²) in [6, 6.07) is 1.64. The molecule has 19 heavy (non-hydrogen) atoms. The summed E-state index contributed by atoms with van der Waals surface area (Å²) in [5.41, 5.74) is 0.702. The van der Waals surface area contributed by atoms with Gasteiger partial charge in [0, 0.05) is 12.6 Å². The average molecular weight is 269 g/mol. The second-order valence-corrected chi connectivity index (χ2v) is 4.08. The fraction of sp³-hybridized carbons (Fsp3) is 0.583. The van der Waals surface area contributed by atoms with E-state index < -0.39 is 0 Å². The van der Waals surface area contributed by atoms with Crippen molar-refractivity contribution < 1.29 is 18.8 Å². The largest absolute Gasteiger partial charge is 0.469 e. The Labute approximate surface area is 111 Å². The van der Waals surface area contributed by atoms with Gasteiger partial charge < -0.3 is 9.26 Å². The highest BCUT2D eigenvalue weighted by molar-refractivity contribution is 5.91. The SMILES string of the molecule is CCN(CCC(=O)OC)CC(=O)Nc1cc(C)no1. The molecule has 0 atom stereocenters. The summed E-state index contributed by atoms with van der Waals surface area (Å²) in [6.07, 6.45) is 0.263. The number of esters is 1. The third-order valence-electron chi connectivity index (χ3n) is 2.56. The van der Waals surface area contributed by atoms with Gasteiger partial charge in [-0.15, -0.1) is 0 Å². The van der Waals surface area contributed by atoms with Gasteiger partial charge in [0.05, 0.1) is 25.8 Å². The van der Waals surface area contributed by atoms with Gasteiger partial charge in [-0.2, -0.15) is 0 Å². The van der Waals surface area contributed by atoms with Gasteiger partial charge in [-0.3, -0.25) is 19.8 Å². The minimum atomic E-state index is -0.287. The van der Waals surface area contributed by atoms with Crippen LogP contribution in [0, 0.1) is 6.92 Å². The van der Waals surface area contributed by atoms with Crippen LogP contribution < -0.4 is 5.32 Å². The molecule has 0 aromatic carbocycles. The predicted octanol–water partition coefficient (Wildman–Crippen LogP) is 0.807. The van der Waals surface area contributed by atoms with E-state index >= 15 is 0 Å². The zero-order valence-electron chi connectivity index (χ0n) is 11.4. The first-order valence-electron chi connectivity index (χ1n) is 6.07. The molecule has 1 heterocycles. The van der Waals surface area contributed by atoms with E-state index in [9.17, 15) is 9.59 Å². The Morgan fingerprint density at radius 1 is 1.53 bits per heavy atom. The topological polar surface area (TPSA) is 84.7 Å². The molecule has 0 unspecified atom stereocenters. The summed E-state index contributed by atoms with van der Waals surface area (Å²) in [5, 5.41) is 6.28. The van der Waals surface area contributed by atoms with Gasteiger partial charge in [-0.1, -0.05) is 12.1 Å². The molecule has 0 bridgehead atoms. The number of rotatable bonds is 7. The lowest BCUT2D eigenvalue weighted by molar-refractivity contribution is -0.141. The van der Waals surface area contributed by atoms with Crippen LogP contribution >= 0.6 is 0 Å². The lowest BCUT2D eigenvalue weighted by Gasteiger charge is -2.18. The minimum Gasteiger partial charge on any atom is -0.469 e. The number of carbonyl (C=O) groups is 2.